The molecule has 0 saturated heterocycles. The molecule has 4 aromatic rings. The number of ketones is 1. The molecule has 0 spiro atoms. The summed E-state index contributed by atoms with van der Waals surface area (Å²) < 4.78 is 15.2. The predicted octanol–water partition coefficient (Wildman–Crippen LogP) is 5.88. The molecule has 5 heteroatoms. The number of halogens is 1. The molecule has 0 aliphatic heterocycles. The van der Waals surface area contributed by atoms with Gasteiger partial charge in [0.15, 0.2) is 11.4 Å². The number of carbonyl (C=O) groups excluding carboxylic acids is 1. The topological polar surface area (TPSA) is 47.3 Å². The lowest BCUT2D eigenvalue weighted by Crippen LogP contribution is -2.22. The van der Waals surface area contributed by atoms with E-state index in [1.807, 2.05) is 11.4 Å². The van der Waals surface area contributed by atoms with Crippen LogP contribution >= 0.6 is 0 Å². The van der Waals surface area contributed by atoms with Crippen molar-refractivity contribution in [3.8, 4) is 11.1 Å². The average Bonchev–Trinajstić information content (AvgIpc) is 3.10. The fraction of sp³-hybridized carbons (Fsp3) is 0.269. The standard InChI is InChI=1S/C26H24FN3O/c1-15(2)17-4-6-18(7-5-17)20-12-23-22(24(31)13-20)14-28-26-25(16(3)29-30(23)26)19-8-10-21(27)11-9-19/h4-11,14-15,20H,12-13H2,1-3H3. The minimum Gasteiger partial charge on any atom is -0.294 e. The number of carbonyl (C=O) groups is 1. The second kappa shape index (κ2) is 7.41. The molecule has 1 aliphatic rings. The Morgan fingerprint density at radius 3 is 2.42 bits per heavy atom. The fourth-order valence-corrected chi connectivity index (χ4v) is 4.55. The Morgan fingerprint density at radius 1 is 1.03 bits per heavy atom. The third-order valence-corrected chi connectivity index (χ3v) is 6.30. The zero-order valence-corrected chi connectivity index (χ0v) is 17.9. The fourth-order valence-electron chi connectivity index (χ4n) is 4.55. The molecule has 0 fully saturated rings. The number of hydrogen-bond acceptors (Lipinski definition) is 3. The van der Waals surface area contributed by atoms with Gasteiger partial charge < -0.3 is 0 Å². The van der Waals surface area contributed by atoms with Crippen LogP contribution in [0.3, 0.4) is 0 Å². The van der Waals surface area contributed by atoms with Crippen molar-refractivity contribution >= 4 is 11.4 Å². The van der Waals surface area contributed by atoms with Crippen molar-refractivity contribution in [1.82, 2.24) is 14.6 Å². The Morgan fingerprint density at radius 2 is 1.74 bits per heavy atom. The number of aromatic nitrogens is 3. The molecule has 0 radical (unpaired) electrons. The molecule has 2 aromatic carbocycles. The summed E-state index contributed by atoms with van der Waals surface area (Å²) in [5.41, 5.74) is 7.27. The molecule has 0 N–H and O–H groups in total. The second-order valence-corrected chi connectivity index (χ2v) is 8.67. The predicted molar refractivity (Wildman–Crippen MR) is 119 cm³/mol. The van der Waals surface area contributed by atoms with Crippen LogP contribution in [0.4, 0.5) is 4.39 Å². The summed E-state index contributed by atoms with van der Waals surface area (Å²) in [4.78, 5) is 17.5. The van der Waals surface area contributed by atoms with Gasteiger partial charge in [-0.3, -0.25) is 4.79 Å². The quantitative estimate of drug-likeness (QED) is 0.421. The molecule has 1 aliphatic carbocycles. The van der Waals surface area contributed by atoms with Crippen molar-refractivity contribution in [3.63, 3.8) is 0 Å². The van der Waals surface area contributed by atoms with Gasteiger partial charge in [0.2, 0.25) is 0 Å². The SMILES string of the molecule is Cc1nn2c3c(cnc2c1-c1ccc(F)cc1)C(=O)CC(c1ccc(C(C)C)cc1)C3. The van der Waals surface area contributed by atoms with Gasteiger partial charge in [-0.2, -0.15) is 5.10 Å². The minimum absolute atomic E-state index is 0.102. The van der Waals surface area contributed by atoms with Gasteiger partial charge in [0.05, 0.1) is 17.0 Å². The van der Waals surface area contributed by atoms with Crippen LogP contribution in [0.5, 0.6) is 0 Å². The smallest absolute Gasteiger partial charge is 0.166 e. The second-order valence-electron chi connectivity index (χ2n) is 8.67. The van der Waals surface area contributed by atoms with E-state index in [4.69, 9.17) is 5.10 Å². The maximum atomic E-state index is 13.4. The number of benzene rings is 2. The van der Waals surface area contributed by atoms with Crippen molar-refractivity contribution in [3.05, 3.63) is 88.6 Å². The maximum Gasteiger partial charge on any atom is 0.166 e. The highest BCUT2D eigenvalue weighted by Crippen LogP contribution is 2.35. The summed E-state index contributed by atoms with van der Waals surface area (Å²) in [6.45, 7) is 6.28. The van der Waals surface area contributed by atoms with E-state index in [1.165, 1.54) is 23.3 Å². The van der Waals surface area contributed by atoms with Gasteiger partial charge in [-0.1, -0.05) is 50.2 Å². The van der Waals surface area contributed by atoms with Gasteiger partial charge in [0.25, 0.3) is 0 Å². The lowest BCUT2D eigenvalue weighted by atomic mass is 9.81. The number of fused-ring (bicyclic) bond motifs is 3. The van der Waals surface area contributed by atoms with Crippen LogP contribution in [0.1, 0.15) is 65.0 Å². The van der Waals surface area contributed by atoms with Crippen LogP contribution in [0.25, 0.3) is 16.8 Å². The Hall–Kier alpha value is -3.34. The maximum absolute atomic E-state index is 13.4. The zero-order chi connectivity index (χ0) is 21.7. The minimum atomic E-state index is -0.278. The molecule has 0 saturated carbocycles. The summed E-state index contributed by atoms with van der Waals surface area (Å²) in [5, 5.41) is 4.73. The van der Waals surface area contributed by atoms with Crippen molar-refractivity contribution in [2.24, 2.45) is 0 Å². The number of Topliss-reactive ketones (excluding diaryl/α,β-unsaturated/α-hetero) is 1. The molecule has 0 bridgehead atoms. The van der Waals surface area contributed by atoms with E-state index in [0.29, 0.717) is 23.5 Å². The van der Waals surface area contributed by atoms with E-state index < -0.39 is 0 Å². The Balaban J connectivity index is 1.59. The first-order valence-corrected chi connectivity index (χ1v) is 10.7. The first-order chi connectivity index (χ1) is 14.9. The lowest BCUT2D eigenvalue weighted by molar-refractivity contribution is 0.0962. The van der Waals surface area contributed by atoms with Crippen molar-refractivity contribution in [2.75, 3.05) is 0 Å². The van der Waals surface area contributed by atoms with Gasteiger partial charge in [0, 0.05) is 18.2 Å². The van der Waals surface area contributed by atoms with E-state index in [-0.39, 0.29) is 17.5 Å². The summed E-state index contributed by atoms with van der Waals surface area (Å²) in [6.07, 6.45) is 2.89. The van der Waals surface area contributed by atoms with Gasteiger partial charge >= 0.3 is 0 Å². The van der Waals surface area contributed by atoms with Gasteiger partial charge in [-0.25, -0.2) is 13.9 Å². The number of aryl methyl sites for hydroxylation is 1. The highest BCUT2D eigenvalue weighted by molar-refractivity contribution is 5.99. The van der Waals surface area contributed by atoms with Crippen LogP contribution in [-0.2, 0) is 6.42 Å². The lowest BCUT2D eigenvalue weighted by Gasteiger charge is -2.24. The Bertz CT molecular complexity index is 1290. The molecule has 2 aromatic heterocycles. The van der Waals surface area contributed by atoms with Crippen LogP contribution < -0.4 is 0 Å². The highest BCUT2D eigenvalue weighted by Gasteiger charge is 2.30. The van der Waals surface area contributed by atoms with Crippen LogP contribution in [0.15, 0.2) is 54.7 Å². The van der Waals surface area contributed by atoms with Crippen molar-refractivity contribution < 1.29 is 9.18 Å². The van der Waals surface area contributed by atoms with E-state index in [9.17, 15) is 9.18 Å². The summed E-state index contributed by atoms with van der Waals surface area (Å²) in [6, 6.07) is 15.0. The van der Waals surface area contributed by atoms with E-state index in [2.05, 4.69) is 43.1 Å². The molecule has 31 heavy (non-hydrogen) atoms. The molecule has 1 atom stereocenters. The molecule has 156 valence electrons. The molecule has 4 nitrogen and oxygen atoms in total. The number of rotatable bonds is 3. The molecule has 1 unspecified atom stereocenters. The molecular weight excluding hydrogens is 389 g/mol. The normalized spacial score (nSPS) is 16.2. The van der Waals surface area contributed by atoms with Crippen molar-refractivity contribution in [1.29, 1.82) is 0 Å². The first kappa shape index (κ1) is 19.6. The third-order valence-electron chi connectivity index (χ3n) is 6.30. The van der Waals surface area contributed by atoms with E-state index in [0.717, 1.165) is 28.9 Å². The average molecular weight is 413 g/mol. The zero-order valence-electron chi connectivity index (χ0n) is 17.9. The monoisotopic (exact) mass is 413 g/mol. The van der Waals surface area contributed by atoms with Gasteiger partial charge in [-0.15, -0.1) is 0 Å². The summed E-state index contributed by atoms with van der Waals surface area (Å²) in [5.74, 6) is 0.418. The largest absolute Gasteiger partial charge is 0.294 e. The summed E-state index contributed by atoms with van der Waals surface area (Å²) in [7, 11) is 0. The van der Waals surface area contributed by atoms with Crippen LogP contribution in [-0.4, -0.2) is 20.4 Å². The molecule has 0 amide bonds. The number of hydrogen-bond donors (Lipinski definition) is 0. The van der Waals surface area contributed by atoms with E-state index in [1.54, 1.807) is 18.3 Å². The van der Waals surface area contributed by atoms with Gasteiger partial charge in [-0.05, 0) is 54.0 Å². The van der Waals surface area contributed by atoms with Crippen LogP contribution in [0, 0.1) is 12.7 Å². The highest BCUT2D eigenvalue weighted by atomic mass is 19.1. The Labute approximate surface area is 180 Å². The molecule has 5 rings (SSSR count). The number of nitrogens with zero attached hydrogens (tertiary/aromatic N) is 3. The third kappa shape index (κ3) is 3.34. The Kier molecular flexibility index (Phi) is 4.69. The summed E-state index contributed by atoms with van der Waals surface area (Å²) >= 11 is 0. The molecular formula is C26H24FN3O. The van der Waals surface area contributed by atoms with Crippen molar-refractivity contribution in [2.45, 2.75) is 45.4 Å². The first-order valence-electron chi connectivity index (χ1n) is 10.7. The molecule has 2 heterocycles. The van der Waals surface area contributed by atoms with E-state index >= 15 is 0 Å². The van der Waals surface area contributed by atoms with Gasteiger partial charge in [0.1, 0.15) is 5.82 Å². The van der Waals surface area contributed by atoms with Crippen LogP contribution in [0.2, 0.25) is 0 Å².